The molecular weight excluding hydrogens is 274 g/mol. The Morgan fingerprint density at radius 3 is 2.50 bits per heavy atom. The van der Waals surface area contributed by atoms with Gasteiger partial charge < -0.3 is 4.74 Å². The molecule has 22 heavy (non-hydrogen) atoms. The van der Waals surface area contributed by atoms with Gasteiger partial charge in [0.2, 0.25) is 0 Å². The molecule has 4 nitrogen and oxygen atoms in total. The van der Waals surface area contributed by atoms with Gasteiger partial charge in [-0.1, -0.05) is 12.1 Å². The van der Waals surface area contributed by atoms with Crippen molar-refractivity contribution < 1.29 is 4.74 Å². The van der Waals surface area contributed by atoms with Gasteiger partial charge in [0.1, 0.15) is 5.75 Å². The van der Waals surface area contributed by atoms with Gasteiger partial charge >= 0.3 is 0 Å². The lowest BCUT2D eigenvalue weighted by molar-refractivity contribution is 0.315. The van der Waals surface area contributed by atoms with Crippen LogP contribution in [0.25, 0.3) is 0 Å². The number of aromatic nitrogens is 3. The fraction of sp³-hybridized carbons (Fsp3) is 0.556. The van der Waals surface area contributed by atoms with Crippen molar-refractivity contribution in [3.8, 4) is 5.75 Å². The number of hydrogen-bond donors (Lipinski definition) is 0. The molecule has 0 unspecified atom stereocenters. The number of aryl methyl sites for hydroxylation is 3. The lowest BCUT2D eigenvalue weighted by Crippen LogP contribution is -2.04. The van der Waals surface area contributed by atoms with Gasteiger partial charge in [-0.3, -0.25) is 4.68 Å². The second-order valence-corrected chi connectivity index (χ2v) is 5.83. The molecule has 120 valence electrons. The summed E-state index contributed by atoms with van der Waals surface area (Å²) >= 11 is 0. The summed E-state index contributed by atoms with van der Waals surface area (Å²) in [4.78, 5) is 0. The second-order valence-electron chi connectivity index (χ2n) is 5.83. The van der Waals surface area contributed by atoms with Crippen LogP contribution in [-0.2, 0) is 19.4 Å². The molecule has 0 bridgehead atoms. The third kappa shape index (κ3) is 3.67. The maximum absolute atomic E-state index is 5.86. The van der Waals surface area contributed by atoms with Crippen LogP contribution < -0.4 is 4.74 Å². The molecule has 0 aliphatic carbocycles. The summed E-state index contributed by atoms with van der Waals surface area (Å²) in [6.45, 7) is 12.4. The molecular formula is C18H27N3O. The maximum atomic E-state index is 5.86. The fourth-order valence-electron chi connectivity index (χ4n) is 2.71. The molecule has 1 aromatic heterocycles. The van der Waals surface area contributed by atoms with Gasteiger partial charge in [-0.05, 0) is 75.3 Å². The van der Waals surface area contributed by atoms with E-state index in [1.165, 1.54) is 22.3 Å². The molecule has 4 heteroatoms. The Balaban J connectivity index is 2.15. The Bertz CT molecular complexity index is 632. The molecule has 0 aliphatic heterocycles. The molecule has 0 atom stereocenters. The van der Waals surface area contributed by atoms with Crippen molar-refractivity contribution in [3.63, 3.8) is 0 Å². The van der Waals surface area contributed by atoms with E-state index in [-0.39, 0.29) is 0 Å². The van der Waals surface area contributed by atoms with Crippen LogP contribution in [0.3, 0.4) is 0 Å². The molecule has 0 spiro atoms. The molecule has 0 N–H and O–H groups in total. The van der Waals surface area contributed by atoms with Gasteiger partial charge in [0.05, 0.1) is 12.3 Å². The first kappa shape index (κ1) is 16.5. The van der Waals surface area contributed by atoms with E-state index in [1.807, 2.05) is 10.9 Å². The number of benzene rings is 1. The Kier molecular flexibility index (Phi) is 5.58. The summed E-state index contributed by atoms with van der Waals surface area (Å²) < 4.78 is 7.73. The Labute approximate surface area is 133 Å². The highest BCUT2D eigenvalue weighted by Crippen LogP contribution is 2.28. The molecule has 0 aliphatic rings. The van der Waals surface area contributed by atoms with Gasteiger partial charge in [-0.15, -0.1) is 5.10 Å². The molecule has 0 saturated carbocycles. The van der Waals surface area contributed by atoms with Gasteiger partial charge in [-0.25, -0.2) is 0 Å². The highest BCUT2D eigenvalue weighted by atomic mass is 16.5. The van der Waals surface area contributed by atoms with Crippen molar-refractivity contribution in [1.82, 2.24) is 15.0 Å². The van der Waals surface area contributed by atoms with E-state index in [1.54, 1.807) is 0 Å². The average Bonchev–Trinajstić information content (AvgIpc) is 2.97. The summed E-state index contributed by atoms with van der Waals surface area (Å²) in [7, 11) is 0. The zero-order valence-electron chi connectivity index (χ0n) is 14.4. The largest absolute Gasteiger partial charge is 0.493 e. The van der Waals surface area contributed by atoms with Crippen LogP contribution >= 0.6 is 0 Å². The Hall–Kier alpha value is -1.84. The number of ether oxygens (including phenoxy) is 1. The van der Waals surface area contributed by atoms with E-state index in [9.17, 15) is 0 Å². The standard InChI is InChI=1S/C18H27N3O/c1-6-10-22-18-11-13(3)17(14(4)15(18)5)9-8-16-12-21(7-2)20-19-16/h11-12H,6-10H2,1-5H3. The summed E-state index contributed by atoms with van der Waals surface area (Å²) in [6.07, 6.45) is 4.99. The van der Waals surface area contributed by atoms with Crippen LogP contribution in [0.15, 0.2) is 12.3 Å². The zero-order valence-corrected chi connectivity index (χ0v) is 14.4. The van der Waals surface area contributed by atoms with Crippen molar-refractivity contribution in [3.05, 3.63) is 40.2 Å². The lowest BCUT2D eigenvalue weighted by Gasteiger charge is -2.17. The first-order valence-electron chi connectivity index (χ1n) is 8.18. The van der Waals surface area contributed by atoms with Crippen LogP contribution in [0.1, 0.15) is 48.2 Å². The van der Waals surface area contributed by atoms with E-state index in [2.05, 4.69) is 51.0 Å². The minimum Gasteiger partial charge on any atom is -0.493 e. The van der Waals surface area contributed by atoms with Crippen molar-refractivity contribution in [2.24, 2.45) is 0 Å². The summed E-state index contributed by atoms with van der Waals surface area (Å²) in [5, 5.41) is 8.33. The molecule has 2 rings (SSSR count). The quantitative estimate of drug-likeness (QED) is 0.781. The molecule has 0 fully saturated rings. The maximum Gasteiger partial charge on any atom is 0.122 e. The number of nitrogens with zero attached hydrogens (tertiary/aromatic N) is 3. The third-order valence-electron chi connectivity index (χ3n) is 4.21. The smallest absolute Gasteiger partial charge is 0.122 e. The minimum absolute atomic E-state index is 0.777. The van der Waals surface area contributed by atoms with Crippen LogP contribution in [0, 0.1) is 20.8 Å². The van der Waals surface area contributed by atoms with E-state index in [0.717, 1.165) is 43.9 Å². The van der Waals surface area contributed by atoms with Crippen molar-refractivity contribution in [2.45, 2.75) is 60.4 Å². The Morgan fingerprint density at radius 1 is 1.09 bits per heavy atom. The SMILES string of the molecule is CCCOc1cc(C)c(CCc2cn(CC)nn2)c(C)c1C. The molecule has 2 aromatic rings. The van der Waals surface area contributed by atoms with Gasteiger partial charge in [0.25, 0.3) is 0 Å². The predicted molar refractivity (Wildman–Crippen MR) is 89.5 cm³/mol. The van der Waals surface area contributed by atoms with Crippen molar-refractivity contribution in [1.29, 1.82) is 0 Å². The Morgan fingerprint density at radius 2 is 1.86 bits per heavy atom. The highest BCUT2D eigenvalue weighted by molar-refractivity contribution is 5.48. The van der Waals surface area contributed by atoms with E-state index in [4.69, 9.17) is 4.74 Å². The zero-order chi connectivity index (χ0) is 16.1. The first-order valence-corrected chi connectivity index (χ1v) is 8.18. The van der Waals surface area contributed by atoms with Gasteiger partial charge in [-0.2, -0.15) is 0 Å². The topological polar surface area (TPSA) is 39.9 Å². The number of rotatable bonds is 7. The van der Waals surface area contributed by atoms with E-state index >= 15 is 0 Å². The first-order chi connectivity index (χ1) is 10.6. The van der Waals surface area contributed by atoms with E-state index in [0.29, 0.717) is 0 Å². The fourth-order valence-corrected chi connectivity index (χ4v) is 2.71. The van der Waals surface area contributed by atoms with Crippen LogP contribution in [0.2, 0.25) is 0 Å². The van der Waals surface area contributed by atoms with Crippen molar-refractivity contribution >= 4 is 0 Å². The third-order valence-corrected chi connectivity index (χ3v) is 4.21. The summed E-state index contributed by atoms with van der Waals surface area (Å²) in [5.41, 5.74) is 6.37. The van der Waals surface area contributed by atoms with E-state index < -0.39 is 0 Å². The molecule has 1 heterocycles. The van der Waals surface area contributed by atoms with Crippen molar-refractivity contribution in [2.75, 3.05) is 6.61 Å². The van der Waals surface area contributed by atoms with Gasteiger partial charge in [0, 0.05) is 12.7 Å². The van der Waals surface area contributed by atoms with Crippen LogP contribution in [-0.4, -0.2) is 21.6 Å². The molecule has 0 amide bonds. The molecule has 0 saturated heterocycles. The van der Waals surface area contributed by atoms with Crippen LogP contribution in [0.4, 0.5) is 0 Å². The molecule has 0 radical (unpaired) electrons. The number of hydrogen-bond acceptors (Lipinski definition) is 3. The second kappa shape index (κ2) is 7.43. The minimum atomic E-state index is 0.777. The average molecular weight is 301 g/mol. The monoisotopic (exact) mass is 301 g/mol. The summed E-state index contributed by atoms with van der Waals surface area (Å²) in [5.74, 6) is 1.03. The summed E-state index contributed by atoms with van der Waals surface area (Å²) in [6, 6.07) is 2.18. The van der Waals surface area contributed by atoms with Gasteiger partial charge in [0.15, 0.2) is 0 Å². The highest BCUT2D eigenvalue weighted by Gasteiger charge is 2.12. The molecule has 1 aromatic carbocycles. The lowest BCUT2D eigenvalue weighted by atomic mass is 9.93. The normalized spacial score (nSPS) is 11.0. The van der Waals surface area contributed by atoms with Crippen LogP contribution in [0.5, 0.6) is 5.75 Å². The predicted octanol–water partition coefficient (Wildman–Crippen LogP) is 3.80.